The van der Waals surface area contributed by atoms with Gasteiger partial charge in [-0.3, -0.25) is 0 Å². The second kappa shape index (κ2) is 6.84. The lowest BCUT2D eigenvalue weighted by Crippen LogP contribution is -2.11. The molecular weight excluding hydrogens is 366 g/mol. The van der Waals surface area contributed by atoms with E-state index in [0.717, 1.165) is 24.3 Å². The molecular formula is C16H6F6N2O2. The number of halogens is 6. The molecule has 2 rings (SSSR count). The first-order valence-electron chi connectivity index (χ1n) is 6.62. The van der Waals surface area contributed by atoms with E-state index in [0.29, 0.717) is 12.1 Å². The van der Waals surface area contributed by atoms with E-state index in [1.54, 1.807) is 0 Å². The molecule has 2 aromatic rings. The molecule has 0 N–H and O–H groups in total. The van der Waals surface area contributed by atoms with Gasteiger partial charge in [-0.1, -0.05) is 12.1 Å². The van der Waals surface area contributed by atoms with Crippen LogP contribution in [0.3, 0.4) is 0 Å². The molecule has 0 unspecified atom stereocenters. The average Bonchev–Trinajstić information content (AvgIpc) is 2.54. The third kappa shape index (κ3) is 3.98. The van der Waals surface area contributed by atoms with Crippen LogP contribution in [0.1, 0.15) is 11.1 Å². The van der Waals surface area contributed by atoms with Crippen LogP contribution in [0.25, 0.3) is 11.1 Å². The molecule has 0 aliphatic heterocycles. The molecule has 134 valence electrons. The van der Waals surface area contributed by atoms with Gasteiger partial charge >= 0.3 is 12.4 Å². The van der Waals surface area contributed by atoms with E-state index >= 15 is 0 Å². The summed E-state index contributed by atoms with van der Waals surface area (Å²) in [6, 6.07) is 4.27. The SMILES string of the molecule is N#COc1ccc(-c2ccc(OC#N)cc2C(F)(F)F)c(C(F)(F)F)c1. The Hall–Kier alpha value is -3.40. The molecule has 0 atom stereocenters. The first-order chi connectivity index (χ1) is 12.1. The summed E-state index contributed by atoms with van der Waals surface area (Å²) in [5, 5.41) is 16.8. The van der Waals surface area contributed by atoms with Gasteiger partial charge in [0.1, 0.15) is 11.5 Å². The van der Waals surface area contributed by atoms with Crippen molar-refractivity contribution in [3.05, 3.63) is 47.5 Å². The van der Waals surface area contributed by atoms with E-state index in [4.69, 9.17) is 10.5 Å². The molecule has 0 amide bonds. The Kier molecular flexibility index (Phi) is 4.98. The van der Waals surface area contributed by atoms with E-state index in [2.05, 4.69) is 9.47 Å². The molecule has 2 aromatic carbocycles. The summed E-state index contributed by atoms with van der Waals surface area (Å²) in [4.78, 5) is 0. The largest absolute Gasteiger partial charge is 0.417 e. The van der Waals surface area contributed by atoms with Gasteiger partial charge < -0.3 is 9.47 Å². The van der Waals surface area contributed by atoms with E-state index in [9.17, 15) is 26.3 Å². The number of alkyl halides is 6. The predicted molar refractivity (Wildman–Crippen MR) is 74.4 cm³/mol. The van der Waals surface area contributed by atoms with Crippen LogP contribution in [0.5, 0.6) is 11.5 Å². The van der Waals surface area contributed by atoms with E-state index in [1.165, 1.54) is 12.5 Å². The molecule has 0 aromatic heterocycles. The van der Waals surface area contributed by atoms with Crippen molar-refractivity contribution in [2.45, 2.75) is 12.4 Å². The van der Waals surface area contributed by atoms with E-state index < -0.39 is 46.1 Å². The fourth-order valence-corrected chi connectivity index (χ4v) is 2.22. The van der Waals surface area contributed by atoms with Crippen molar-refractivity contribution in [3.63, 3.8) is 0 Å². The van der Waals surface area contributed by atoms with Crippen LogP contribution >= 0.6 is 0 Å². The average molecular weight is 372 g/mol. The molecule has 0 radical (unpaired) electrons. The Morgan fingerprint density at radius 3 is 1.27 bits per heavy atom. The predicted octanol–water partition coefficient (Wildman–Crippen LogP) is 5.11. The number of nitriles is 2. The number of ether oxygens (including phenoxy) is 2. The van der Waals surface area contributed by atoms with Gasteiger partial charge in [0.25, 0.3) is 12.5 Å². The number of nitrogens with zero attached hydrogens (tertiary/aromatic N) is 2. The minimum Gasteiger partial charge on any atom is -0.388 e. The molecule has 0 bridgehead atoms. The Morgan fingerprint density at radius 1 is 0.654 bits per heavy atom. The summed E-state index contributed by atoms with van der Waals surface area (Å²) in [5.41, 5.74) is -4.35. The van der Waals surface area contributed by atoms with Gasteiger partial charge in [0.05, 0.1) is 11.1 Å². The van der Waals surface area contributed by atoms with Gasteiger partial charge in [0, 0.05) is 0 Å². The zero-order valence-corrected chi connectivity index (χ0v) is 12.4. The van der Waals surface area contributed by atoms with E-state index in [-0.39, 0.29) is 0 Å². The van der Waals surface area contributed by atoms with Crippen molar-refractivity contribution in [1.29, 1.82) is 10.5 Å². The normalized spacial score (nSPS) is 11.4. The standard InChI is InChI=1S/C16H6F6N2O2/c17-15(18,19)13-5-9(25-7-23)1-3-11(13)12-4-2-10(26-8-24)6-14(12)16(20,21)22/h1-6H. The lowest BCUT2D eigenvalue weighted by Gasteiger charge is -2.18. The fraction of sp³-hybridized carbons (Fsp3) is 0.125. The molecule has 0 saturated carbocycles. The number of hydrogen-bond donors (Lipinski definition) is 0. The van der Waals surface area contributed by atoms with Crippen LogP contribution in [-0.2, 0) is 12.4 Å². The molecule has 4 nitrogen and oxygen atoms in total. The number of rotatable bonds is 3. The second-order valence-electron chi connectivity index (χ2n) is 4.80. The lowest BCUT2D eigenvalue weighted by molar-refractivity contribution is -0.139. The molecule has 0 aliphatic rings. The minimum absolute atomic E-state index is 0.429. The van der Waals surface area contributed by atoms with Gasteiger partial charge in [0.2, 0.25) is 0 Å². The maximum Gasteiger partial charge on any atom is 0.417 e. The van der Waals surface area contributed by atoms with E-state index in [1.807, 2.05) is 0 Å². The third-order valence-corrected chi connectivity index (χ3v) is 3.21. The molecule has 0 fully saturated rings. The van der Waals surface area contributed by atoms with Crippen LogP contribution in [0.15, 0.2) is 36.4 Å². The Morgan fingerprint density at radius 2 is 1.00 bits per heavy atom. The van der Waals surface area contributed by atoms with Crippen molar-refractivity contribution >= 4 is 0 Å². The van der Waals surface area contributed by atoms with Crippen molar-refractivity contribution in [2.24, 2.45) is 0 Å². The van der Waals surface area contributed by atoms with Gasteiger partial charge in [-0.2, -0.15) is 26.3 Å². The number of benzene rings is 2. The maximum atomic E-state index is 13.3. The smallest absolute Gasteiger partial charge is 0.388 e. The Balaban J connectivity index is 2.75. The zero-order valence-electron chi connectivity index (χ0n) is 12.4. The summed E-state index contributed by atoms with van der Waals surface area (Å²) in [6.45, 7) is 0. The van der Waals surface area contributed by atoms with Crippen LogP contribution in [0.4, 0.5) is 26.3 Å². The minimum atomic E-state index is -5.01. The second-order valence-corrected chi connectivity index (χ2v) is 4.80. The highest BCUT2D eigenvalue weighted by atomic mass is 19.4. The summed E-state index contributed by atoms with van der Waals surface area (Å²) in [5.74, 6) is -0.942. The summed E-state index contributed by atoms with van der Waals surface area (Å²) < 4.78 is 88.4. The van der Waals surface area contributed by atoms with Crippen molar-refractivity contribution in [3.8, 4) is 35.1 Å². The van der Waals surface area contributed by atoms with Gasteiger partial charge in [-0.15, -0.1) is 10.5 Å². The molecule has 0 saturated heterocycles. The quantitative estimate of drug-likeness (QED) is 0.555. The molecule has 0 spiro atoms. The topological polar surface area (TPSA) is 66.0 Å². The number of hydrogen-bond acceptors (Lipinski definition) is 4. The monoisotopic (exact) mass is 372 g/mol. The highest BCUT2D eigenvalue weighted by Crippen LogP contribution is 2.44. The molecule has 10 heteroatoms. The summed E-state index contributed by atoms with van der Waals surface area (Å²) in [6.07, 6.45) is -7.64. The van der Waals surface area contributed by atoms with Crippen molar-refractivity contribution < 1.29 is 35.8 Å². The van der Waals surface area contributed by atoms with Crippen LogP contribution in [0.2, 0.25) is 0 Å². The van der Waals surface area contributed by atoms with Crippen molar-refractivity contribution in [2.75, 3.05) is 0 Å². The fourth-order valence-electron chi connectivity index (χ4n) is 2.22. The first kappa shape index (κ1) is 18.9. The zero-order chi connectivity index (χ0) is 19.5. The summed E-state index contributed by atoms with van der Waals surface area (Å²) in [7, 11) is 0. The van der Waals surface area contributed by atoms with Crippen LogP contribution < -0.4 is 9.47 Å². The van der Waals surface area contributed by atoms with Gasteiger partial charge in [0.15, 0.2) is 0 Å². The highest BCUT2D eigenvalue weighted by molar-refractivity contribution is 5.73. The maximum absolute atomic E-state index is 13.3. The van der Waals surface area contributed by atoms with Crippen molar-refractivity contribution in [1.82, 2.24) is 0 Å². The Bertz CT molecular complexity index is 831. The summed E-state index contributed by atoms with van der Waals surface area (Å²) >= 11 is 0. The molecule has 0 aliphatic carbocycles. The van der Waals surface area contributed by atoms with Crippen LogP contribution in [-0.4, -0.2) is 0 Å². The highest BCUT2D eigenvalue weighted by Gasteiger charge is 2.39. The van der Waals surface area contributed by atoms with Gasteiger partial charge in [-0.05, 0) is 35.4 Å². The van der Waals surface area contributed by atoms with Gasteiger partial charge in [-0.25, -0.2) is 0 Å². The van der Waals surface area contributed by atoms with Crippen LogP contribution in [0, 0.1) is 23.0 Å². The third-order valence-electron chi connectivity index (χ3n) is 3.21. The molecule has 26 heavy (non-hydrogen) atoms. The Labute approximate surface area is 142 Å². The first-order valence-corrected chi connectivity index (χ1v) is 6.62. The molecule has 0 heterocycles. The lowest BCUT2D eigenvalue weighted by atomic mass is 9.94.